The van der Waals surface area contributed by atoms with E-state index in [1.54, 1.807) is 0 Å². The summed E-state index contributed by atoms with van der Waals surface area (Å²) in [6.45, 7) is 13.1. The van der Waals surface area contributed by atoms with Crippen LogP contribution in [0.25, 0.3) is 0 Å². The van der Waals surface area contributed by atoms with Crippen LogP contribution >= 0.6 is 17.0 Å². The monoisotopic (exact) mass is 437 g/mol. The van der Waals surface area contributed by atoms with Crippen LogP contribution < -0.4 is 5.19 Å². The first-order valence-electron chi connectivity index (χ1n) is 7.55. The summed E-state index contributed by atoms with van der Waals surface area (Å²) in [7, 11) is 8.35. The fourth-order valence-corrected chi connectivity index (χ4v) is 3.58. The molecule has 1 aromatic carbocycles. The zero-order valence-corrected chi connectivity index (χ0v) is 19.3. The van der Waals surface area contributed by atoms with E-state index in [4.69, 9.17) is 17.0 Å². The number of hydrogen-bond donors (Lipinski definition) is 1. The third-order valence-electron chi connectivity index (χ3n) is 3.60. The van der Waals surface area contributed by atoms with Crippen LogP contribution in [0.1, 0.15) is 37.8 Å². The van der Waals surface area contributed by atoms with Crippen molar-refractivity contribution < 1.29 is 26.0 Å². The third kappa shape index (κ3) is 7.29. The van der Waals surface area contributed by atoms with Crippen LogP contribution in [-0.4, -0.2) is 25.4 Å². The summed E-state index contributed by atoms with van der Waals surface area (Å²) < 4.78 is 0. The van der Waals surface area contributed by atoms with Crippen molar-refractivity contribution >= 4 is 36.5 Å². The molecule has 22 heavy (non-hydrogen) atoms. The number of aryl methyl sites for hydroxylation is 1. The molecular formula is C16H27Cl2NOSiZr. The van der Waals surface area contributed by atoms with Gasteiger partial charge >= 0.3 is 37.9 Å². The van der Waals surface area contributed by atoms with Crippen LogP contribution in [-0.2, 0) is 20.8 Å². The van der Waals surface area contributed by atoms with E-state index in [0.29, 0.717) is 11.8 Å². The molecule has 2 nitrogen and oxygen atoms in total. The van der Waals surface area contributed by atoms with Crippen LogP contribution in [0.2, 0.25) is 19.6 Å². The summed E-state index contributed by atoms with van der Waals surface area (Å²) in [5.74, 6) is 0.439. The number of aliphatic imine (C=N–C) groups is 1. The van der Waals surface area contributed by atoms with E-state index in [0.717, 1.165) is 29.2 Å². The molecule has 0 amide bonds. The standard InChI is InChI=1S/C16H27NOSi.2ClH.Zr/c1-7-13(8-2)17-11-14-12(3)9-10-15(16(14)18)19(4,5)6;;;/h9-11,13,18H,7-8H2,1-6H3;2*1H;/q;;;+2/p-2. The van der Waals surface area contributed by atoms with Crippen LogP contribution in [0.4, 0.5) is 0 Å². The normalized spacial score (nSPS) is 11.5. The maximum absolute atomic E-state index is 10.5. The van der Waals surface area contributed by atoms with Gasteiger partial charge in [0, 0.05) is 17.8 Å². The van der Waals surface area contributed by atoms with Crippen molar-refractivity contribution in [2.24, 2.45) is 4.99 Å². The van der Waals surface area contributed by atoms with E-state index in [9.17, 15) is 5.11 Å². The Balaban J connectivity index is 0.00000135. The summed E-state index contributed by atoms with van der Waals surface area (Å²) >= 11 is -0.826. The number of benzene rings is 1. The summed E-state index contributed by atoms with van der Waals surface area (Å²) in [6, 6.07) is 4.53. The van der Waals surface area contributed by atoms with Gasteiger partial charge in [-0.3, -0.25) is 4.99 Å². The van der Waals surface area contributed by atoms with Crippen LogP contribution in [0.5, 0.6) is 5.75 Å². The predicted octanol–water partition coefficient (Wildman–Crippen LogP) is 5.23. The number of halogens is 2. The van der Waals surface area contributed by atoms with Gasteiger partial charge in [-0.05, 0) is 30.5 Å². The molecule has 0 aromatic heterocycles. The van der Waals surface area contributed by atoms with Crippen molar-refractivity contribution in [3.63, 3.8) is 0 Å². The van der Waals surface area contributed by atoms with Gasteiger partial charge in [0.25, 0.3) is 0 Å². The molecular weight excluding hydrogens is 412 g/mol. The molecule has 0 saturated carbocycles. The molecule has 0 bridgehead atoms. The quantitative estimate of drug-likeness (QED) is 0.495. The average Bonchev–Trinajstić information content (AvgIpc) is 2.42. The van der Waals surface area contributed by atoms with E-state index >= 15 is 0 Å². The minimum absolute atomic E-state index is 0.356. The predicted molar refractivity (Wildman–Crippen MR) is 99.5 cm³/mol. The Hall–Kier alpha value is 0.370. The van der Waals surface area contributed by atoms with Gasteiger partial charge in [-0.2, -0.15) is 0 Å². The number of rotatable bonds is 5. The van der Waals surface area contributed by atoms with E-state index in [1.807, 2.05) is 13.1 Å². The van der Waals surface area contributed by atoms with Gasteiger partial charge in [0.05, 0.1) is 8.07 Å². The molecule has 0 saturated heterocycles. The molecule has 0 aliphatic carbocycles. The number of hydrogen-bond acceptors (Lipinski definition) is 2. The minimum atomic E-state index is -1.52. The van der Waals surface area contributed by atoms with Crippen molar-refractivity contribution in [2.75, 3.05) is 0 Å². The third-order valence-corrected chi connectivity index (χ3v) is 5.62. The summed E-state index contributed by atoms with van der Waals surface area (Å²) in [5.41, 5.74) is 1.99. The topological polar surface area (TPSA) is 32.6 Å². The molecule has 0 radical (unpaired) electrons. The fourth-order valence-electron chi connectivity index (χ4n) is 2.16. The van der Waals surface area contributed by atoms with Crippen molar-refractivity contribution in [3.05, 3.63) is 23.3 Å². The van der Waals surface area contributed by atoms with Crippen molar-refractivity contribution in [1.29, 1.82) is 0 Å². The van der Waals surface area contributed by atoms with Crippen molar-refractivity contribution in [3.8, 4) is 5.75 Å². The number of aromatic hydroxyl groups is 1. The Labute approximate surface area is 155 Å². The zero-order valence-electron chi connectivity index (χ0n) is 14.4. The molecule has 0 fully saturated rings. The summed E-state index contributed by atoms with van der Waals surface area (Å²) in [5, 5.41) is 11.6. The first-order chi connectivity index (χ1) is 10.2. The van der Waals surface area contributed by atoms with Gasteiger partial charge in [-0.1, -0.05) is 45.6 Å². The van der Waals surface area contributed by atoms with Crippen LogP contribution in [0.3, 0.4) is 0 Å². The molecule has 0 spiro atoms. The van der Waals surface area contributed by atoms with Gasteiger partial charge in [0.1, 0.15) is 5.75 Å². The molecule has 0 heterocycles. The Morgan fingerprint density at radius 3 is 2.14 bits per heavy atom. The zero-order chi connectivity index (χ0) is 17.3. The number of phenols is 1. The fraction of sp³-hybridized carbons (Fsp3) is 0.562. The summed E-state index contributed by atoms with van der Waals surface area (Å²) in [6.07, 6.45) is 3.95. The molecule has 1 rings (SSSR count). The van der Waals surface area contributed by atoms with E-state index in [1.165, 1.54) is 0 Å². The first-order valence-corrected chi connectivity index (χ1v) is 17.4. The molecule has 0 aliphatic heterocycles. The second kappa shape index (κ2) is 11.0. The summed E-state index contributed by atoms with van der Waals surface area (Å²) in [4.78, 5) is 4.61. The molecule has 0 atom stereocenters. The van der Waals surface area contributed by atoms with Gasteiger partial charge in [0.2, 0.25) is 0 Å². The Bertz CT molecular complexity index is 486. The molecule has 0 aliphatic rings. The van der Waals surface area contributed by atoms with Gasteiger partial charge in [0.15, 0.2) is 0 Å². The Morgan fingerprint density at radius 2 is 1.73 bits per heavy atom. The second-order valence-corrected chi connectivity index (χ2v) is 15.0. The second-order valence-electron chi connectivity index (χ2n) is 6.26. The average molecular weight is 440 g/mol. The Kier molecular flexibility index (Phi) is 11.2. The molecule has 1 N–H and O–H groups in total. The van der Waals surface area contributed by atoms with Gasteiger partial charge in [-0.15, -0.1) is 0 Å². The maximum atomic E-state index is 10.5. The van der Waals surface area contributed by atoms with Crippen LogP contribution in [0, 0.1) is 6.92 Å². The van der Waals surface area contributed by atoms with Gasteiger partial charge < -0.3 is 5.11 Å². The Morgan fingerprint density at radius 1 is 1.23 bits per heavy atom. The SMILES string of the molecule is CCC(CC)N=Cc1c(C)ccc([Si](C)(C)C)c1O.[Cl][Zr][Cl]. The van der Waals surface area contributed by atoms with Gasteiger partial charge in [-0.25, -0.2) is 0 Å². The van der Waals surface area contributed by atoms with Crippen molar-refractivity contribution in [2.45, 2.75) is 59.3 Å². The number of phenolic OH excluding ortho intramolecular Hbond substituents is 1. The van der Waals surface area contributed by atoms with Crippen LogP contribution in [0.15, 0.2) is 17.1 Å². The molecule has 124 valence electrons. The van der Waals surface area contributed by atoms with E-state index in [-0.39, 0.29) is 0 Å². The van der Waals surface area contributed by atoms with Crippen molar-refractivity contribution in [1.82, 2.24) is 0 Å². The molecule has 6 heteroatoms. The van der Waals surface area contributed by atoms with E-state index < -0.39 is 28.9 Å². The van der Waals surface area contributed by atoms with E-state index in [2.05, 4.69) is 50.6 Å². The number of nitrogens with zero attached hydrogens (tertiary/aromatic N) is 1. The first kappa shape index (κ1) is 22.4. The molecule has 0 unspecified atom stereocenters. The molecule has 1 aromatic rings.